The van der Waals surface area contributed by atoms with Crippen molar-refractivity contribution < 1.29 is 9.21 Å². The van der Waals surface area contributed by atoms with Crippen LogP contribution in [0.4, 0.5) is 0 Å². The van der Waals surface area contributed by atoms with Crippen LogP contribution in [0.15, 0.2) is 102 Å². The van der Waals surface area contributed by atoms with Crippen LogP contribution < -0.4 is 5.32 Å². The SMILES string of the molecule is Cn1c(-c2ccc(-n3ccnc3)cc2)cnc1C(Cc1ccccn1)NC(=O)c1cc2cccc(Cl)c2o1. The molecule has 0 aliphatic heterocycles. The van der Waals surface area contributed by atoms with Gasteiger partial charge in [0.25, 0.3) is 5.91 Å². The molecule has 0 saturated carbocycles. The molecule has 0 fully saturated rings. The Morgan fingerprint density at radius 2 is 1.92 bits per heavy atom. The van der Waals surface area contributed by atoms with Gasteiger partial charge in [-0.1, -0.05) is 41.9 Å². The van der Waals surface area contributed by atoms with E-state index >= 15 is 0 Å². The monoisotopic (exact) mass is 522 g/mol. The molecule has 1 amide bonds. The van der Waals surface area contributed by atoms with Crippen LogP contribution in [0.25, 0.3) is 27.9 Å². The lowest BCUT2D eigenvalue weighted by Gasteiger charge is -2.18. The van der Waals surface area contributed by atoms with Crippen LogP contribution >= 0.6 is 11.6 Å². The van der Waals surface area contributed by atoms with Gasteiger partial charge in [0.15, 0.2) is 11.3 Å². The molecule has 4 heterocycles. The third-order valence-corrected chi connectivity index (χ3v) is 6.76. The summed E-state index contributed by atoms with van der Waals surface area (Å²) in [6.45, 7) is 0. The summed E-state index contributed by atoms with van der Waals surface area (Å²) in [5, 5.41) is 4.33. The molecule has 6 aromatic rings. The molecule has 8 nitrogen and oxygen atoms in total. The Balaban J connectivity index is 1.31. The minimum Gasteiger partial charge on any atom is -0.449 e. The van der Waals surface area contributed by atoms with E-state index in [0.717, 1.165) is 28.0 Å². The molecule has 0 bridgehead atoms. The van der Waals surface area contributed by atoms with Gasteiger partial charge in [-0.25, -0.2) is 9.97 Å². The summed E-state index contributed by atoms with van der Waals surface area (Å²) < 4.78 is 9.74. The van der Waals surface area contributed by atoms with Gasteiger partial charge < -0.3 is 18.9 Å². The number of nitrogens with zero attached hydrogens (tertiary/aromatic N) is 5. The third kappa shape index (κ3) is 4.57. The summed E-state index contributed by atoms with van der Waals surface area (Å²) in [7, 11) is 1.94. The first kappa shape index (κ1) is 23.7. The van der Waals surface area contributed by atoms with Crippen molar-refractivity contribution >= 4 is 28.5 Å². The van der Waals surface area contributed by atoms with Crippen LogP contribution in [0.2, 0.25) is 5.02 Å². The van der Waals surface area contributed by atoms with Crippen molar-refractivity contribution in [2.75, 3.05) is 0 Å². The van der Waals surface area contributed by atoms with Gasteiger partial charge in [-0.3, -0.25) is 9.78 Å². The lowest BCUT2D eigenvalue weighted by molar-refractivity contribution is 0.0908. The quantitative estimate of drug-likeness (QED) is 0.287. The first-order valence-corrected chi connectivity index (χ1v) is 12.4. The molecule has 2 aromatic carbocycles. The highest BCUT2D eigenvalue weighted by molar-refractivity contribution is 6.34. The molecule has 0 radical (unpaired) electrons. The molecule has 1 N–H and O–H groups in total. The van der Waals surface area contributed by atoms with Gasteiger partial charge in [0, 0.05) is 48.8 Å². The number of furan rings is 1. The number of amides is 1. The van der Waals surface area contributed by atoms with Crippen molar-refractivity contribution in [1.29, 1.82) is 0 Å². The van der Waals surface area contributed by atoms with Crippen molar-refractivity contribution in [3.63, 3.8) is 0 Å². The van der Waals surface area contributed by atoms with Gasteiger partial charge in [-0.15, -0.1) is 0 Å². The fourth-order valence-electron chi connectivity index (χ4n) is 4.54. The summed E-state index contributed by atoms with van der Waals surface area (Å²) >= 11 is 6.25. The molecule has 188 valence electrons. The molecule has 9 heteroatoms. The van der Waals surface area contributed by atoms with E-state index in [1.54, 1.807) is 30.9 Å². The minimum absolute atomic E-state index is 0.184. The van der Waals surface area contributed by atoms with E-state index < -0.39 is 6.04 Å². The van der Waals surface area contributed by atoms with Gasteiger partial charge in [-0.05, 0) is 42.0 Å². The molecule has 0 saturated heterocycles. The number of nitrogens with one attached hydrogen (secondary N) is 1. The highest BCUT2D eigenvalue weighted by atomic mass is 35.5. The van der Waals surface area contributed by atoms with Crippen molar-refractivity contribution in [3.05, 3.63) is 120 Å². The Bertz CT molecular complexity index is 1710. The number of aromatic nitrogens is 5. The molecule has 4 aromatic heterocycles. The Morgan fingerprint density at radius 3 is 2.66 bits per heavy atom. The molecule has 1 unspecified atom stereocenters. The molecule has 1 atom stereocenters. The van der Waals surface area contributed by atoms with E-state index in [1.165, 1.54) is 0 Å². The van der Waals surface area contributed by atoms with E-state index in [2.05, 4.69) is 15.3 Å². The second kappa shape index (κ2) is 9.99. The number of hydrogen-bond donors (Lipinski definition) is 1. The fraction of sp³-hybridized carbons (Fsp3) is 0.103. The average molecular weight is 523 g/mol. The van der Waals surface area contributed by atoms with Crippen LogP contribution in [-0.2, 0) is 13.5 Å². The van der Waals surface area contributed by atoms with Crippen LogP contribution in [0, 0.1) is 0 Å². The van der Waals surface area contributed by atoms with Gasteiger partial charge in [0.2, 0.25) is 0 Å². The highest BCUT2D eigenvalue weighted by Gasteiger charge is 2.24. The van der Waals surface area contributed by atoms with Crippen molar-refractivity contribution in [3.8, 4) is 16.9 Å². The Labute approximate surface area is 223 Å². The zero-order valence-corrected chi connectivity index (χ0v) is 21.2. The number of para-hydroxylation sites is 1. The van der Waals surface area contributed by atoms with Crippen molar-refractivity contribution in [1.82, 2.24) is 29.4 Å². The van der Waals surface area contributed by atoms with Gasteiger partial charge in [0.1, 0.15) is 5.82 Å². The second-order valence-electron chi connectivity index (χ2n) is 8.90. The van der Waals surface area contributed by atoms with Crippen LogP contribution in [0.1, 0.15) is 28.1 Å². The summed E-state index contributed by atoms with van der Waals surface area (Å²) in [5.41, 5.74) is 4.26. The minimum atomic E-state index is -0.454. The average Bonchev–Trinajstić information content (AvgIpc) is 3.70. The lowest BCUT2D eigenvalue weighted by Crippen LogP contribution is -2.31. The summed E-state index contributed by atoms with van der Waals surface area (Å²) in [4.78, 5) is 26.6. The maximum Gasteiger partial charge on any atom is 0.287 e. The predicted molar refractivity (Wildman–Crippen MR) is 145 cm³/mol. The van der Waals surface area contributed by atoms with Gasteiger partial charge >= 0.3 is 0 Å². The lowest BCUT2D eigenvalue weighted by atomic mass is 10.1. The third-order valence-electron chi connectivity index (χ3n) is 6.47. The van der Waals surface area contributed by atoms with E-state index in [9.17, 15) is 4.79 Å². The molecule has 6 rings (SSSR count). The second-order valence-corrected chi connectivity index (χ2v) is 9.30. The summed E-state index contributed by atoms with van der Waals surface area (Å²) in [6, 6.07) is 20.5. The predicted octanol–water partition coefficient (Wildman–Crippen LogP) is 5.78. The van der Waals surface area contributed by atoms with E-state index in [-0.39, 0.29) is 11.7 Å². The van der Waals surface area contributed by atoms with E-state index in [0.29, 0.717) is 22.9 Å². The number of rotatable bonds is 7. The Morgan fingerprint density at radius 1 is 1.05 bits per heavy atom. The Kier molecular flexibility index (Phi) is 6.23. The number of carbonyl (C=O) groups is 1. The standard InChI is InChI=1S/C29H23ClN6O2/c1-35-25(19-8-10-22(11-9-19)36-14-13-31-18-36)17-33-28(35)24(16-21-6-2-3-12-32-21)34-29(37)26-15-20-5-4-7-23(30)27(20)38-26/h2-15,17-18,24H,16H2,1H3,(H,34,37). The molecule has 0 spiro atoms. The first-order chi connectivity index (χ1) is 18.6. The number of pyridine rings is 1. The zero-order chi connectivity index (χ0) is 26.1. The van der Waals surface area contributed by atoms with E-state index in [4.69, 9.17) is 21.0 Å². The topological polar surface area (TPSA) is 90.8 Å². The maximum atomic E-state index is 13.3. The molecule has 38 heavy (non-hydrogen) atoms. The molecular weight excluding hydrogens is 500 g/mol. The first-order valence-electron chi connectivity index (χ1n) is 12.1. The van der Waals surface area contributed by atoms with Crippen LogP contribution in [-0.4, -0.2) is 30.0 Å². The van der Waals surface area contributed by atoms with Gasteiger partial charge in [0.05, 0.1) is 29.3 Å². The summed E-state index contributed by atoms with van der Waals surface area (Å²) in [6.07, 6.45) is 9.42. The number of fused-ring (bicyclic) bond motifs is 1. The summed E-state index contributed by atoms with van der Waals surface area (Å²) in [5.74, 6) is 0.530. The number of imidazole rings is 2. The smallest absolute Gasteiger partial charge is 0.287 e. The number of halogens is 1. The normalized spacial score (nSPS) is 12.1. The van der Waals surface area contributed by atoms with Gasteiger partial charge in [-0.2, -0.15) is 0 Å². The molecule has 0 aliphatic rings. The number of benzene rings is 2. The van der Waals surface area contributed by atoms with Crippen molar-refractivity contribution in [2.45, 2.75) is 12.5 Å². The zero-order valence-electron chi connectivity index (χ0n) is 20.5. The maximum absolute atomic E-state index is 13.3. The largest absolute Gasteiger partial charge is 0.449 e. The van der Waals surface area contributed by atoms with E-state index in [1.807, 2.05) is 83.2 Å². The highest BCUT2D eigenvalue weighted by Crippen LogP contribution is 2.28. The van der Waals surface area contributed by atoms with Crippen LogP contribution in [0.5, 0.6) is 0 Å². The molecule has 0 aliphatic carbocycles. The fourth-order valence-corrected chi connectivity index (χ4v) is 4.76. The molecular formula is C29H23ClN6O2. The number of carbonyl (C=O) groups excluding carboxylic acids is 1. The van der Waals surface area contributed by atoms with Crippen molar-refractivity contribution in [2.24, 2.45) is 7.05 Å². The number of hydrogen-bond acceptors (Lipinski definition) is 5. The Hall–Kier alpha value is -4.69. The van der Waals surface area contributed by atoms with Crippen LogP contribution in [0.3, 0.4) is 0 Å².